The Labute approximate surface area is 197 Å². The second-order valence-corrected chi connectivity index (χ2v) is 8.76. The Morgan fingerprint density at radius 3 is 2.06 bits per heavy atom. The summed E-state index contributed by atoms with van der Waals surface area (Å²) in [6, 6.07) is 6.70. The molecule has 2 aromatic rings. The van der Waals surface area contributed by atoms with E-state index in [1.165, 1.54) is 19.1 Å². The third kappa shape index (κ3) is 6.52. The van der Waals surface area contributed by atoms with Crippen molar-refractivity contribution in [3.05, 3.63) is 70.5 Å². The predicted molar refractivity (Wildman–Crippen MR) is 114 cm³/mol. The Bertz CT molecular complexity index is 1010. The average Bonchev–Trinajstić information content (AvgIpc) is 3.16. The molecule has 1 amide bonds. The van der Waals surface area contributed by atoms with Crippen LogP contribution in [-0.4, -0.2) is 36.5 Å². The minimum absolute atomic E-state index is 0.0623. The molecule has 1 aliphatic carbocycles. The van der Waals surface area contributed by atoms with Gasteiger partial charge in [0.15, 0.2) is 0 Å². The fraction of sp³-hybridized carbons (Fsp3) is 0.458. The number of rotatable bonds is 7. The zero-order valence-electron chi connectivity index (χ0n) is 19.0. The number of hydrogen-bond donors (Lipinski definition) is 1. The van der Waals surface area contributed by atoms with E-state index in [9.17, 15) is 35.5 Å². The molecule has 4 atom stereocenters. The highest BCUT2D eigenvalue weighted by molar-refractivity contribution is 5.75. The molecule has 0 saturated heterocycles. The molecule has 4 nitrogen and oxygen atoms in total. The summed E-state index contributed by atoms with van der Waals surface area (Å²) >= 11 is 0. The van der Waals surface area contributed by atoms with Crippen LogP contribution in [0.3, 0.4) is 0 Å². The highest BCUT2D eigenvalue weighted by atomic mass is 19.4. The van der Waals surface area contributed by atoms with Crippen LogP contribution in [0.4, 0.5) is 30.7 Å². The maximum absolute atomic E-state index is 13.5. The van der Waals surface area contributed by atoms with Gasteiger partial charge in [0, 0.05) is 12.0 Å². The van der Waals surface area contributed by atoms with Gasteiger partial charge in [0.05, 0.1) is 29.9 Å². The molecule has 11 heteroatoms. The number of carbonyl (C=O) groups is 1. The zero-order chi connectivity index (χ0) is 26.1. The standard InChI is InChI=1S/C24H25F7N2O2/c1-13(15-9-16(23(26,27)28)11-17(10-15)24(29,30)31)35-20-8-7-19(33(2)12-21(32)34)22(20)14-3-5-18(25)6-4-14/h3-6,9-11,13,19-20,22H,7-8,12H2,1-2H3,(H2,32,34)/t13-,19?,20?,22?/m1/s1. The largest absolute Gasteiger partial charge is 0.416 e. The van der Waals surface area contributed by atoms with Crippen molar-refractivity contribution in [2.45, 2.75) is 56.3 Å². The lowest BCUT2D eigenvalue weighted by atomic mass is 9.91. The van der Waals surface area contributed by atoms with Gasteiger partial charge in [-0.3, -0.25) is 9.69 Å². The third-order valence-electron chi connectivity index (χ3n) is 6.25. The van der Waals surface area contributed by atoms with Crippen molar-refractivity contribution in [3.63, 3.8) is 0 Å². The average molecular weight is 506 g/mol. The Morgan fingerprint density at radius 1 is 1.03 bits per heavy atom. The van der Waals surface area contributed by atoms with Crippen LogP contribution in [-0.2, 0) is 21.9 Å². The minimum atomic E-state index is -4.97. The number of halogens is 7. The summed E-state index contributed by atoms with van der Waals surface area (Å²) in [6.45, 7) is 1.32. The quantitative estimate of drug-likeness (QED) is 0.493. The first-order chi connectivity index (χ1) is 16.2. The van der Waals surface area contributed by atoms with Gasteiger partial charge in [0.25, 0.3) is 0 Å². The molecule has 3 unspecified atom stereocenters. The Balaban J connectivity index is 1.94. The van der Waals surface area contributed by atoms with Gasteiger partial charge in [-0.25, -0.2) is 4.39 Å². The number of nitrogens with two attached hydrogens (primary N) is 1. The highest BCUT2D eigenvalue weighted by Gasteiger charge is 2.42. The summed E-state index contributed by atoms with van der Waals surface area (Å²) in [5.74, 6) is -1.45. The molecule has 0 bridgehead atoms. The minimum Gasteiger partial charge on any atom is -0.370 e. The van der Waals surface area contributed by atoms with Crippen LogP contribution in [0.25, 0.3) is 0 Å². The van der Waals surface area contributed by atoms with Crippen LogP contribution in [0.2, 0.25) is 0 Å². The van der Waals surface area contributed by atoms with Crippen molar-refractivity contribution in [3.8, 4) is 0 Å². The van der Waals surface area contributed by atoms with Crippen LogP contribution in [0.5, 0.6) is 0 Å². The molecule has 0 spiro atoms. The van der Waals surface area contributed by atoms with E-state index in [-0.39, 0.29) is 24.2 Å². The van der Waals surface area contributed by atoms with Gasteiger partial charge >= 0.3 is 12.4 Å². The topological polar surface area (TPSA) is 55.6 Å². The van der Waals surface area contributed by atoms with Crippen LogP contribution in [0.15, 0.2) is 42.5 Å². The van der Waals surface area contributed by atoms with E-state index in [0.717, 1.165) is 0 Å². The van der Waals surface area contributed by atoms with E-state index in [0.29, 0.717) is 30.5 Å². The van der Waals surface area contributed by atoms with E-state index in [2.05, 4.69) is 0 Å². The van der Waals surface area contributed by atoms with Crippen molar-refractivity contribution in [2.75, 3.05) is 13.6 Å². The summed E-state index contributed by atoms with van der Waals surface area (Å²) in [5, 5.41) is 0. The number of carbonyl (C=O) groups excluding carboxylic acids is 1. The number of primary amides is 1. The molecular weight excluding hydrogens is 481 g/mol. The lowest BCUT2D eigenvalue weighted by Gasteiger charge is -2.33. The molecule has 1 aliphatic rings. The first-order valence-corrected chi connectivity index (χ1v) is 10.9. The number of alkyl halides is 6. The van der Waals surface area contributed by atoms with Crippen molar-refractivity contribution in [2.24, 2.45) is 5.73 Å². The molecule has 35 heavy (non-hydrogen) atoms. The summed E-state index contributed by atoms with van der Waals surface area (Å²) in [4.78, 5) is 13.2. The molecule has 0 aliphatic heterocycles. The van der Waals surface area contributed by atoms with Crippen molar-refractivity contribution in [1.82, 2.24) is 4.90 Å². The molecule has 0 radical (unpaired) electrons. The maximum atomic E-state index is 13.5. The van der Waals surface area contributed by atoms with E-state index in [4.69, 9.17) is 10.5 Å². The predicted octanol–water partition coefficient (Wildman–Crippen LogP) is 5.67. The van der Waals surface area contributed by atoms with Gasteiger partial charge in [-0.05, 0) is 68.3 Å². The second kappa shape index (κ2) is 10.1. The molecule has 3 rings (SSSR count). The fourth-order valence-electron chi connectivity index (χ4n) is 4.63. The SMILES string of the molecule is C[C@@H](OC1CCC(N(C)CC(N)=O)C1c1ccc(F)cc1)c1cc(C(F)(F)F)cc(C(F)(F)F)c1. The molecule has 1 fully saturated rings. The number of benzene rings is 2. The van der Waals surface area contributed by atoms with Crippen molar-refractivity contribution in [1.29, 1.82) is 0 Å². The van der Waals surface area contributed by atoms with Crippen molar-refractivity contribution < 1.29 is 40.3 Å². The van der Waals surface area contributed by atoms with E-state index >= 15 is 0 Å². The van der Waals surface area contributed by atoms with Crippen LogP contribution >= 0.6 is 0 Å². The van der Waals surface area contributed by atoms with Gasteiger partial charge in [0.1, 0.15) is 5.82 Å². The molecule has 2 aromatic carbocycles. The maximum Gasteiger partial charge on any atom is 0.416 e. The van der Waals surface area contributed by atoms with Crippen LogP contribution in [0.1, 0.15) is 54.0 Å². The van der Waals surface area contributed by atoms with Gasteiger partial charge in [-0.15, -0.1) is 0 Å². The van der Waals surface area contributed by atoms with E-state index in [1.807, 2.05) is 0 Å². The van der Waals surface area contributed by atoms with Crippen LogP contribution in [0, 0.1) is 5.82 Å². The lowest BCUT2D eigenvalue weighted by molar-refractivity contribution is -0.143. The number of amides is 1. The highest BCUT2D eigenvalue weighted by Crippen LogP contribution is 2.43. The normalized spacial score (nSPS) is 21.9. The van der Waals surface area contributed by atoms with Gasteiger partial charge in [-0.1, -0.05) is 12.1 Å². The molecule has 0 aromatic heterocycles. The van der Waals surface area contributed by atoms with E-state index in [1.54, 1.807) is 24.1 Å². The van der Waals surface area contributed by atoms with Crippen LogP contribution < -0.4 is 5.73 Å². The summed E-state index contributed by atoms with van der Waals surface area (Å²) < 4.78 is 99.3. The second-order valence-electron chi connectivity index (χ2n) is 8.76. The number of hydrogen-bond acceptors (Lipinski definition) is 3. The smallest absolute Gasteiger partial charge is 0.370 e. The third-order valence-corrected chi connectivity index (χ3v) is 6.25. The monoisotopic (exact) mass is 506 g/mol. The summed E-state index contributed by atoms with van der Waals surface area (Å²) in [6.07, 6.45) is -10.7. The first-order valence-electron chi connectivity index (χ1n) is 10.9. The lowest BCUT2D eigenvalue weighted by Crippen LogP contribution is -2.41. The number of likely N-dealkylation sites (N-methyl/N-ethyl adjacent to an activating group) is 1. The Kier molecular flexibility index (Phi) is 7.80. The van der Waals surface area contributed by atoms with Gasteiger partial charge in [-0.2, -0.15) is 26.3 Å². The first kappa shape index (κ1) is 26.9. The van der Waals surface area contributed by atoms with Gasteiger partial charge in [0.2, 0.25) is 5.91 Å². The van der Waals surface area contributed by atoms with Gasteiger partial charge < -0.3 is 10.5 Å². The molecule has 1 saturated carbocycles. The summed E-state index contributed by atoms with van der Waals surface area (Å²) in [5.41, 5.74) is 2.88. The number of nitrogens with zero attached hydrogens (tertiary/aromatic N) is 1. The zero-order valence-corrected chi connectivity index (χ0v) is 19.0. The molecule has 192 valence electrons. The fourth-order valence-corrected chi connectivity index (χ4v) is 4.63. The van der Waals surface area contributed by atoms with Crippen molar-refractivity contribution >= 4 is 5.91 Å². The van der Waals surface area contributed by atoms with E-state index < -0.39 is 53.3 Å². The molecule has 0 heterocycles. The molecular formula is C24H25F7N2O2. The Morgan fingerprint density at radius 2 is 1.57 bits per heavy atom. The summed E-state index contributed by atoms with van der Waals surface area (Å²) in [7, 11) is 1.68. The number of ether oxygens (including phenoxy) is 1. The molecule has 2 N–H and O–H groups in total. The Hall–Kier alpha value is -2.66.